The third kappa shape index (κ3) is 9.35. The van der Waals surface area contributed by atoms with Gasteiger partial charge in [-0.2, -0.15) is 0 Å². The summed E-state index contributed by atoms with van der Waals surface area (Å²) >= 11 is 0. The standard InChI is InChI=1S/C27H40N4O6/c1-37-22-8-4-19(5-9-22)6-10-24(32)30-23(27(35)36)17-29-26(34)21-3-2-16-31(18-21)25(33)11-7-20-12-14-28-15-13-20/h4-5,8-9,20-21,23,28H,2-3,6-7,10-18H2,1H3,(H,29,34)(H,30,32)(H,35,36)/t21-,23-/m1/s1. The molecular formula is C27H40N4O6. The van der Waals surface area contributed by atoms with Gasteiger partial charge in [0.1, 0.15) is 11.8 Å². The molecule has 0 bridgehead atoms. The third-order valence-corrected chi connectivity index (χ3v) is 7.28. The number of carbonyl (C=O) groups is 4. The van der Waals surface area contributed by atoms with Crippen molar-refractivity contribution in [2.45, 2.75) is 57.4 Å². The third-order valence-electron chi connectivity index (χ3n) is 7.28. The number of likely N-dealkylation sites (tertiary alicyclic amines) is 1. The Balaban J connectivity index is 1.40. The number of aryl methyl sites for hydroxylation is 1. The molecule has 0 unspecified atom stereocenters. The van der Waals surface area contributed by atoms with Crippen molar-refractivity contribution in [3.8, 4) is 5.75 Å². The first-order valence-corrected chi connectivity index (χ1v) is 13.3. The Labute approximate surface area is 218 Å². The van der Waals surface area contributed by atoms with Crippen molar-refractivity contribution in [1.29, 1.82) is 0 Å². The van der Waals surface area contributed by atoms with Crippen molar-refractivity contribution in [3.05, 3.63) is 29.8 Å². The Hall–Kier alpha value is -3.14. The number of piperidine rings is 2. The smallest absolute Gasteiger partial charge is 0.328 e. The number of carbonyl (C=O) groups excluding carboxylic acids is 3. The largest absolute Gasteiger partial charge is 0.497 e. The first-order valence-electron chi connectivity index (χ1n) is 13.3. The quantitative estimate of drug-likeness (QED) is 0.329. The number of carboxylic acids is 1. The number of nitrogens with zero attached hydrogens (tertiary/aromatic N) is 1. The molecule has 10 nitrogen and oxygen atoms in total. The average molecular weight is 517 g/mol. The molecule has 0 saturated carbocycles. The fraction of sp³-hybridized carbons (Fsp3) is 0.630. The summed E-state index contributed by atoms with van der Waals surface area (Å²) in [6.07, 6.45) is 5.55. The second kappa shape index (κ2) is 14.6. The number of aliphatic carboxylic acids is 1. The van der Waals surface area contributed by atoms with E-state index in [0.29, 0.717) is 38.3 Å². The molecule has 2 saturated heterocycles. The normalized spacial score (nSPS) is 19.1. The molecule has 3 amide bonds. The number of hydrogen-bond donors (Lipinski definition) is 4. The zero-order valence-electron chi connectivity index (χ0n) is 21.7. The zero-order chi connectivity index (χ0) is 26.6. The molecule has 0 aliphatic carbocycles. The van der Waals surface area contributed by atoms with E-state index in [0.717, 1.165) is 50.1 Å². The fourth-order valence-electron chi connectivity index (χ4n) is 4.94. The molecule has 2 heterocycles. The lowest BCUT2D eigenvalue weighted by molar-refractivity contribution is -0.142. The molecule has 2 aliphatic heterocycles. The van der Waals surface area contributed by atoms with Crippen molar-refractivity contribution in [2.24, 2.45) is 11.8 Å². The van der Waals surface area contributed by atoms with E-state index in [4.69, 9.17) is 4.74 Å². The topological polar surface area (TPSA) is 137 Å². The zero-order valence-corrected chi connectivity index (χ0v) is 21.7. The predicted octanol–water partition coefficient (Wildman–Crippen LogP) is 1.33. The summed E-state index contributed by atoms with van der Waals surface area (Å²) in [6.45, 7) is 2.80. The SMILES string of the molecule is COc1ccc(CCC(=O)N[C@H](CNC(=O)[C@@H]2CCCN(C(=O)CCC3CCNCC3)C2)C(=O)O)cc1. The molecule has 1 aromatic rings. The van der Waals surface area contributed by atoms with Crippen LogP contribution in [0.1, 0.15) is 50.5 Å². The van der Waals surface area contributed by atoms with Crippen LogP contribution in [0.4, 0.5) is 0 Å². The van der Waals surface area contributed by atoms with Gasteiger partial charge in [0.25, 0.3) is 0 Å². The van der Waals surface area contributed by atoms with Crippen molar-refractivity contribution >= 4 is 23.7 Å². The fourth-order valence-corrected chi connectivity index (χ4v) is 4.94. The summed E-state index contributed by atoms with van der Waals surface area (Å²) in [6, 6.07) is 6.09. The van der Waals surface area contributed by atoms with Crippen LogP contribution in [0.3, 0.4) is 0 Å². The van der Waals surface area contributed by atoms with Crippen LogP contribution in [0.5, 0.6) is 5.75 Å². The Bertz CT molecular complexity index is 916. The average Bonchev–Trinajstić information content (AvgIpc) is 2.93. The number of methoxy groups -OCH3 is 1. The van der Waals surface area contributed by atoms with Crippen LogP contribution >= 0.6 is 0 Å². The highest BCUT2D eigenvalue weighted by Gasteiger charge is 2.30. The molecule has 4 N–H and O–H groups in total. The van der Waals surface area contributed by atoms with Crippen molar-refractivity contribution in [2.75, 3.05) is 39.8 Å². The molecule has 0 spiro atoms. The second-order valence-corrected chi connectivity index (χ2v) is 9.96. The summed E-state index contributed by atoms with van der Waals surface area (Å²) in [7, 11) is 1.58. The van der Waals surface area contributed by atoms with Crippen molar-refractivity contribution < 1.29 is 29.0 Å². The lowest BCUT2D eigenvalue weighted by atomic mass is 9.92. The molecule has 37 heavy (non-hydrogen) atoms. The summed E-state index contributed by atoms with van der Waals surface area (Å²) in [5.74, 6) is -0.891. The first kappa shape index (κ1) is 28.4. The maximum atomic E-state index is 12.8. The number of nitrogens with one attached hydrogen (secondary N) is 3. The summed E-state index contributed by atoms with van der Waals surface area (Å²) < 4.78 is 5.11. The van der Waals surface area contributed by atoms with Gasteiger partial charge in [0, 0.05) is 32.5 Å². The Morgan fingerprint density at radius 2 is 1.84 bits per heavy atom. The second-order valence-electron chi connectivity index (χ2n) is 9.96. The van der Waals surface area contributed by atoms with Gasteiger partial charge in [-0.1, -0.05) is 12.1 Å². The Morgan fingerprint density at radius 1 is 1.11 bits per heavy atom. The van der Waals surface area contributed by atoms with Gasteiger partial charge in [-0.15, -0.1) is 0 Å². The molecule has 0 aromatic heterocycles. The molecular weight excluding hydrogens is 476 g/mol. The van der Waals surface area contributed by atoms with Crippen molar-refractivity contribution in [3.63, 3.8) is 0 Å². The molecule has 1 aromatic carbocycles. The van der Waals surface area contributed by atoms with Crippen LogP contribution in [-0.2, 0) is 25.6 Å². The van der Waals surface area contributed by atoms with Crippen LogP contribution < -0.4 is 20.7 Å². The van der Waals surface area contributed by atoms with E-state index in [1.807, 2.05) is 12.1 Å². The van der Waals surface area contributed by atoms with E-state index in [2.05, 4.69) is 16.0 Å². The van der Waals surface area contributed by atoms with E-state index < -0.39 is 17.9 Å². The van der Waals surface area contributed by atoms with Gasteiger partial charge < -0.3 is 30.7 Å². The van der Waals surface area contributed by atoms with E-state index in [-0.39, 0.29) is 30.7 Å². The molecule has 2 fully saturated rings. The number of ether oxygens (including phenoxy) is 1. The van der Waals surface area contributed by atoms with Gasteiger partial charge in [-0.25, -0.2) is 4.79 Å². The van der Waals surface area contributed by atoms with E-state index in [1.54, 1.807) is 24.1 Å². The minimum Gasteiger partial charge on any atom is -0.497 e. The highest BCUT2D eigenvalue weighted by Crippen LogP contribution is 2.21. The highest BCUT2D eigenvalue weighted by atomic mass is 16.5. The van der Waals surface area contributed by atoms with Crippen molar-refractivity contribution in [1.82, 2.24) is 20.9 Å². The predicted molar refractivity (Wildman–Crippen MR) is 138 cm³/mol. The molecule has 2 atom stereocenters. The van der Waals surface area contributed by atoms with Gasteiger partial charge in [0.15, 0.2) is 0 Å². The van der Waals surface area contributed by atoms with Gasteiger partial charge in [0.2, 0.25) is 17.7 Å². The summed E-state index contributed by atoms with van der Waals surface area (Å²) in [5, 5.41) is 18.0. The maximum Gasteiger partial charge on any atom is 0.328 e. The first-order chi connectivity index (χ1) is 17.9. The summed E-state index contributed by atoms with van der Waals surface area (Å²) in [4.78, 5) is 51.3. The number of hydrogen-bond acceptors (Lipinski definition) is 6. The van der Waals surface area contributed by atoms with Gasteiger partial charge in [0.05, 0.1) is 13.0 Å². The van der Waals surface area contributed by atoms with Crippen LogP contribution in [0.15, 0.2) is 24.3 Å². The van der Waals surface area contributed by atoms with Gasteiger partial charge in [-0.3, -0.25) is 14.4 Å². The van der Waals surface area contributed by atoms with E-state index >= 15 is 0 Å². The molecule has 3 rings (SSSR count). The van der Waals surface area contributed by atoms with Gasteiger partial charge >= 0.3 is 5.97 Å². The minimum absolute atomic E-state index is 0.0866. The highest BCUT2D eigenvalue weighted by molar-refractivity contribution is 5.85. The monoisotopic (exact) mass is 516 g/mol. The minimum atomic E-state index is -1.22. The summed E-state index contributed by atoms with van der Waals surface area (Å²) in [5.41, 5.74) is 0.934. The number of benzene rings is 1. The maximum absolute atomic E-state index is 12.8. The van der Waals surface area contributed by atoms with Crippen LogP contribution in [0, 0.1) is 11.8 Å². The number of amides is 3. The Kier molecular flexibility index (Phi) is 11.2. The van der Waals surface area contributed by atoms with Crippen LogP contribution in [-0.4, -0.2) is 79.6 Å². The van der Waals surface area contributed by atoms with Crippen LogP contribution in [0.2, 0.25) is 0 Å². The van der Waals surface area contributed by atoms with E-state index in [1.165, 1.54) is 0 Å². The molecule has 204 valence electrons. The van der Waals surface area contributed by atoms with Crippen LogP contribution in [0.25, 0.3) is 0 Å². The number of carboxylic acid groups (broad SMARTS) is 1. The number of rotatable bonds is 12. The Morgan fingerprint density at radius 3 is 2.51 bits per heavy atom. The van der Waals surface area contributed by atoms with Gasteiger partial charge in [-0.05, 0) is 75.2 Å². The molecule has 0 radical (unpaired) electrons. The lowest BCUT2D eigenvalue weighted by Crippen LogP contribution is -2.51. The van der Waals surface area contributed by atoms with E-state index in [9.17, 15) is 24.3 Å². The molecule has 2 aliphatic rings. The lowest BCUT2D eigenvalue weighted by Gasteiger charge is -2.33. The molecule has 10 heteroatoms.